The average Bonchev–Trinajstić information content (AvgIpc) is 3.57. The number of carboxylic acids is 1. The van der Waals surface area contributed by atoms with Gasteiger partial charge in [-0.05, 0) is 156 Å². The van der Waals surface area contributed by atoms with E-state index in [0.717, 1.165) is 50.7 Å². The Labute approximate surface area is 285 Å². The first kappa shape index (κ1) is 35.4. The smallest absolute Gasteiger partial charge is 0.309 e. The Balaban J connectivity index is 1.24. The number of hydrogen-bond donors (Lipinski definition) is 2. The van der Waals surface area contributed by atoms with Crippen LogP contribution in [0.3, 0.4) is 0 Å². The Morgan fingerprint density at radius 3 is 2.26 bits per heavy atom. The Bertz CT molecular complexity index is 1260. The van der Waals surface area contributed by atoms with Gasteiger partial charge in [0, 0.05) is 18.5 Å². The van der Waals surface area contributed by atoms with Gasteiger partial charge < -0.3 is 19.8 Å². The van der Waals surface area contributed by atoms with Crippen LogP contribution in [-0.2, 0) is 14.3 Å². The maximum Gasteiger partial charge on any atom is 0.309 e. The van der Waals surface area contributed by atoms with Crippen molar-refractivity contribution in [2.75, 3.05) is 19.6 Å². The molecule has 1 saturated heterocycles. The van der Waals surface area contributed by atoms with Gasteiger partial charge in [0.05, 0.1) is 17.9 Å². The summed E-state index contributed by atoms with van der Waals surface area (Å²) in [7, 11) is 0. The van der Waals surface area contributed by atoms with Gasteiger partial charge in [-0.25, -0.2) is 0 Å². The van der Waals surface area contributed by atoms with Crippen molar-refractivity contribution in [1.29, 1.82) is 0 Å². The largest absolute Gasteiger partial charge is 0.481 e. The van der Waals surface area contributed by atoms with Crippen LogP contribution < -0.4 is 0 Å². The third kappa shape index (κ3) is 5.47. The van der Waals surface area contributed by atoms with E-state index in [-0.39, 0.29) is 40.8 Å². The van der Waals surface area contributed by atoms with Gasteiger partial charge >= 0.3 is 11.9 Å². The van der Waals surface area contributed by atoms with E-state index < -0.39 is 11.4 Å². The van der Waals surface area contributed by atoms with Crippen LogP contribution in [0.1, 0.15) is 139 Å². The molecular weight excluding hydrogens is 586 g/mol. The number of allylic oxidation sites excluding steroid dienone is 1. The lowest BCUT2D eigenvalue weighted by Crippen LogP contribution is -2.66. The van der Waals surface area contributed by atoms with Crippen LogP contribution >= 0.6 is 0 Å². The molecule has 0 aromatic heterocycles. The van der Waals surface area contributed by atoms with Gasteiger partial charge in [-0.3, -0.25) is 9.59 Å². The lowest BCUT2D eigenvalue weighted by Gasteiger charge is -2.73. The third-order valence-corrected chi connectivity index (χ3v) is 16.8. The van der Waals surface area contributed by atoms with Crippen molar-refractivity contribution in [3.8, 4) is 0 Å². The normalized spacial score (nSPS) is 46.1. The molecule has 5 saturated carbocycles. The molecule has 6 fully saturated rings. The SMILES string of the molecule is C=C(C)[C@@H]1CC[C@]2(CCN3CCC(O)C3)CC[C@]3(C)[C@H](CC[C@@H]4[C@@]5(C)CC[C@H](OC(=O)CC(C)(C)C(=O)O)C(C)(C)[C@@H]5CC[C@]43C)[C@@H]12. The summed E-state index contributed by atoms with van der Waals surface area (Å²) < 4.78 is 6.18. The van der Waals surface area contributed by atoms with Crippen LogP contribution in [0.25, 0.3) is 0 Å². The number of β-amino-alcohol motifs (C(OH)–C–C–N with tert-alkyl or cyclic N) is 1. The standard InChI is InChI=1S/C41H67NO5/c1-26(2)28-12-18-41(21-23-42-22-15-27(43)25-42)20-19-39(8)29(34(28)41)10-11-31-38(7)16-14-32(47-33(44)24-36(3,4)35(45)46)37(5,6)30(38)13-17-40(31,39)9/h27-32,34,43H,1,10-25H2,2-9H3,(H,45,46)/t27?,28-,29+,30-,31+,32-,34+,38-,39+,40+,41+/m0/s1. The number of fused-ring (bicyclic) bond motifs is 7. The fraction of sp³-hybridized carbons (Fsp3) is 0.902. The molecule has 6 rings (SSSR count). The molecule has 0 bridgehead atoms. The average molecular weight is 654 g/mol. The second kappa shape index (κ2) is 11.8. The van der Waals surface area contributed by atoms with Crippen molar-refractivity contribution < 1.29 is 24.5 Å². The number of likely N-dealkylation sites (tertiary alicyclic amines) is 1. The van der Waals surface area contributed by atoms with Crippen LogP contribution in [0, 0.1) is 62.1 Å². The predicted octanol–water partition coefficient (Wildman–Crippen LogP) is 8.51. The van der Waals surface area contributed by atoms with Gasteiger partial charge in [0.1, 0.15) is 6.10 Å². The Kier molecular flexibility index (Phi) is 8.93. The molecule has 0 amide bonds. The molecule has 0 aromatic carbocycles. The zero-order valence-corrected chi connectivity index (χ0v) is 31.1. The third-order valence-electron chi connectivity index (χ3n) is 16.8. The van der Waals surface area contributed by atoms with Crippen LogP contribution in [0.4, 0.5) is 0 Å². The van der Waals surface area contributed by atoms with Crippen LogP contribution in [-0.4, -0.2) is 58.9 Å². The Morgan fingerprint density at radius 2 is 1.62 bits per heavy atom. The van der Waals surface area contributed by atoms with E-state index in [1.807, 2.05) is 0 Å². The minimum atomic E-state index is -1.12. The summed E-state index contributed by atoms with van der Waals surface area (Å²) in [5.41, 5.74) is 1.31. The summed E-state index contributed by atoms with van der Waals surface area (Å²) in [6, 6.07) is 0. The van der Waals surface area contributed by atoms with Crippen molar-refractivity contribution in [1.82, 2.24) is 4.90 Å². The second-order valence-electron chi connectivity index (χ2n) is 19.7. The number of aliphatic carboxylic acids is 1. The molecule has 1 unspecified atom stereocenters. The van der Waals surface area contributed by atoms with Crippen molar-refractivity contribution in [3.05, 3.63) is 12.2 Å². The molecular formula is C41H67NO5. The van der Waals surface area contributed by atoms with Crippen LogP contribution in [0.15, 0.2) is 12.2 Å². The number of rotatable bonds is 8. The highest BCUT2D eigenvalue weighted by Gasteiger charge is 2.71. The molecule has 6 nitrogen and oxygen atoms in total. The summed E-state index contributed by atoms with van der Waals surface area (Å²) in [6.45, 7) is 25.8. The van der Waals surface area contributed by atoms with Crippen molar-refractivity contribution in [2.45, 2.75) is 151 Å². The van der Waals surface area contributed by atoms with Gasteiger partial charge in [0.25, 0.3) is 0 Å². The number of nitrogens with zero attached hydrogens (tertiary/aromatic N) is 1. The summed E-state index contributed by atoms with van der Waals surface area (Å²) >= 11 is 0. The molecule has 6 heteroatoms. The van der Waals surface area contributed by atoms with Crippen molar-refractivity contribution in [3.63, 3.8) is 0 Å². The quantitative estimate of drug-likeness (QED) is 0.202. The first-order valence-electron chi connectivity index (χ1n) is 19.3. The monoisotopic (exact) mass is 654 g/mol. The predicted molar refractivity (Wildman–Crippen MR) is 187 cm³/mol. The van der Waals surface area contributed by atoms with E-state index in [0.29, 0.717) is 28.6 Å². The van der Waals surface area contributed by atoms with Gasteiger partial charge in [0.2, 0.25) is 0 Å². The fourth-order valence-corrected chi connectivity index (χ4v) is 13.9. The number of aliphatic hydroxyl groups excluding tert-OH is 1. The summed E-state index contributed by atoms with van der Waals surface area (Å²) in [5, 5.41) is 19.8. The molecule has 1 aliphatic heterocycles. The van der Waals surface area contributed by atoms with Gasteiger partial charge in [-0.1, -0.05) is 46.8 Å². The number of esters is 1. The van der Waals surface area contributed by atoms with Gasteiger partial charge in [-0.15, -0.1) is 0 Å². The highest BCUT2D eigenvalue weighted by atomic mass is 16.5. The zero-order valence-electron chi connectivity index (χ0n) is 31.1. The molecule has 6 aliphatic rings. The molecule has 0 aromatic rings. The van der Waals surface area contributed by atoms with Crippen LogP contribution in [0.2, 0.25) is 0 Å². The minimum absolute atomic E-state index is 0.0922. The lowest BCUT2D eigenvalue weighted by molar-refractivity contribution is -0.250. The lowest BCUT2D eigenvalue weighted by atomic mass is 9.32. The van der Waals surface area contributed by atoms with E-state index in [9.17, 15) is 19.8 Å². The van der Waals surface area contributed by atoms with Gasteiger partial charge in [-0.2, -0.15) is 0 Å². The summed E-state index contributed by atoms with van der Waals surface area (Å²) in [6.07, 6.45) is 14.1. The van der Waals surface area contributed by atoms with E-state index in [2.05, 4.69) is 53.0 Å². The van der Waals surface area contributed by atoms with E-state index in [1.165, 1.54) is 63.4 Å². The van der Waals surface area contributed by atoms with Crippen molar-refractivity contribution in [2.24, 2.45) is 62.1 Å². The topological polar surface area (TPSA) is 87.1 Å². The first-order chi connectivity index (χ1) is 21.8. The Morgan fingerprint density at radius 1 is 0.894 bits per heavy atom. The summed E-state index contributed by atoms with van der Waals surface area (Å²) in [5.74, 6) is 1.87. The number of ether oxygens (including phenoxy) is 1. The number of carboxylic acid groups (broad SMARTS) is 1. The van der Waals surface area contributed by atoms with E-state index in [4.69, 9.17) is 4.74 Å². The number of carbonyl (C=O) groups is 2. The number of carbonyl (C=O) groups excluding carboxylic acids is 1. The molecule has 11 atom stereocenters. The maximum atomic E-state index is 13.1. The number of hydrogen-bond acceptors (Lipinski definition) is 5. The summed E-state index contributed by atoms with van der Waals surface area (Å²) in [4.78, 5) is 27.3. The zero-order chi connectivity index (χ0) is 34.4. The first-order valence-corrected chi connectivity index (χ1v) is 19.3. The fourth-order valence-electron chi connectivity index (χ4n) is 13.9. The van der Waals surface area contributed by atoms with Crippen LogP contribution in [0.5, 0.6) is 0 Å². The highest BCUT2D eigenvalue weighted by molar-refractivity contribution is 5.81. The number of aliphatic hydroxyl groups is 1. The van der Waals surface area contributed by atoms with E-state index in [1.54, 1.807) is 13.8 Å². The van der Waals surface area contributed by atoms with Crippen molar-refractivity contribution >= 4 is 11.9 Å². The van der Waals surface area contributed by atoms with E-state index >= 15 is 0 Å². The molecule has 266 valence electrons. The molecule has 2 N–H and O–H groups in total. The molecule has 1 heterocycles. The Hall–Kier alpha value is -1.40. The highest BCUT2D eigenvalue weighted by Crippen LogP contribution is 2.78. The molecule has 0 spiro atoms. The maximum absolute atomic E-state index is 13.1. The minimum Gasteiger partial charge on any atom is -0.481 e. The molecule has 47 heavy (non-hydrogen) atoms. The van der Waals surface area contributed by atoms with Gasteiger partial charge in [0.15, 0.2) is 0 Å². The molecule has 5 aliphatic carbocycles. The molecule has 0 radical (unpaired) electrons. The second-order valence-corrected chi connectivity index (χ2v) is 19.7.